The lowest BCUT2D eigenvalue weighted by Gasteiger charge is -2.32. The van der Waals surface area contributed by atoms with E-state index in [0.717, 1.165) is 50.3 Å². The number of fused-ring (bicyclic) bond motifs is 2. The van der Waals surface area contributed by atoms with Gasteiger partial charge in [0.15, 0.2) is 11.6 Å². The van der Waals surface area contributed by atoms with Gasteiger partial charge in [0.1, 0.15) is 0 Å². The molecule has 0 radical (unpaired) electrons. The first-order valence-electron chi connectivity index (χ1n) is 27.4. The molecule has 79 heavy (non-hydrogen) atoms. The number of benzene rings is 4. The molecule has 4 aliphatic rings. The van der Waals surface area contributed by atoms with Gasteiger partial charge in [0.2, 0.25) is 11.8 Å². The summed E-state index contributed by atoms with van der Waals surface area (Å²) in [4.78, 5) is 86.2. The smallest absolute Gasteiger partial charge is 0.305 e. The maximum absolute atomic E-state index is 13.9. The maximum Gasteiger partial charge on any atom is 0.305 e. The standard InChI is InChI=1S/C30H37Cl2N3O4.C29H35Cl2N3O4.CH4O/c1-39-29(37)14-12-26(28(36)13-9-21-8-11-24(31)25(32)17-21)34-16-15-23(10-7-20-5-3-2-4-6-20)35-19-22(33)18-27(35)30(34)38;30-23-10-7-20(16-24(23)31)8-12-27(35)25(11-13-28(36)37)33-15-14-22(9-6-19-4-2-1-3-5-19)34-18-21(32)17-26(34)29(33)38;1-2/h2-6,8,11,17,22-23,26-27H,7,9-10,12-16,18-19,33H2,1H3;1-5,7,10,16,21-22,25-26H,6,8-9,11-15,17-18,32H2,(H,36,37);2H,1H3/t22-,23?,26-,27+;21-,22?,25-,26+;/m11./s1. The highest BCUT2D eigenvalue weighted by Crippen LogP contribution is 2.33. The highest BCUT2D eigenvalue weighted by molar-refractivity contribution is 6.42. The van der Waals surface area contributed by atoms with Gasteiger partial charge in [-0.2, -0.15) is 0 Å². The number of hydrogen-bond donors (Lipinski definition) is 4. The minimum absolute atomic E-state index is 0.0643. The Kier molecular flexibility index (Phi) is 25.1. The number of esters is 1. The van der Waals surface area contributed by atoms with Gasteiger partial charge in [-0.05, 0) is 124 Å². The van der Waals surface area contributed by atoms with Crippen molar-refractivity contribution in [2.75, 3.05) is 40.4 Å². The van der Waals surface area contributed by atoms with Crippen LogP contribution in [0.5, 0.6) is 0 Å². The van der Waals surface area contributed by atoms with E-state index in [0.29, 0.717) is 78.4 Å². The normalized spacial score (nSPS) is 22.0. The van der Waals surface area contributed by atoms with E-state index in [9.17, 15) is 33.9 Å². The van der Waals surface area contributed by atoms with Crippen LogP contribution in [0, 0.1) is 0 Å². The van der Waals surface area contributed by atoms with Crippen molar-refractivity contribution in [3.05, 3.63) is 139 Å². The average Bonchev–Trinajstić information content (AvgIpc) is 4.03. The number of halogens is 4. The third kappa shape index (κ3) is 18.0. The first-order valence-corrected chi connectivity index (χ1v) is 28.9. The number of ether oxygens (including phenoxy) is 1. The van der Waals surface area contributed by atoms with Gasteiger partial charge in [0, 0.05) is 83.1 Å². The third-order valence-corrected chi connectivity index (χ3v) is 17.2. The van der Waals surface area contributed by atoms with E-state index in [4.69, 9.17) is 67.7 Å². The molecule has 428 valence electrons. The van der Waals surface area contributed by atoms with Crippen molar-refractivity contribution in [3.8, 4) is 0 Å². The van der Waals surface area contributed by atoms with E-state index < -0.39 is 24.0 Å². The number of aliphatic hydroxyl groups is 1. The molecule has 4 saturated heterocycles. The second kappa shape index (κ2) is 31.3. The van der Waals surface area contributed by atoms with E-state index in [1.54, 1.807) is 34.1 Å². The van der Waals surface area contributed by atoms with Crippen molar-refractivity contribution in [3.63, 3.8) is 0 Å². The second-order valence-corrected chi connectivity index (χ2v) is 22.6. The number of carbonyl (C=O) groups is 6. The van der Waals surface area contributed by atoms with E-state index in [2.05, 4.69) is 34.1 Å². The van der Waals surface area contributed by atoms with Crippen molar-refractivity contribution in [2.24, 2.45) is 11.5 Å². The summed E-state index contributed by atoms with van der Waals surface area (Å²) in [5.74, 6) is -1.77. The molecule has 4 aliphatic heterocycles. The number of rotatable bonds is 22. The molecule has 0 aromatic heterocycles. The molecule has 8 rings (SSSR count). The Labute approximate surface area is 484 Å². The lowest BCUT2D eigenvalue weighted by atomic mass is 9.97. The molecular formula is C60H76Cl4N6O9. The number of hydrogen-bond acceptors (Lipinski definition) is 12. The summed E-state index contributed by atoms with van der Waals surface area (Å²) in [5.41, 5.74) is 16.9. The fraction of sp³-hybridized carbons (Fsp3) is 0.500. The van der Waals surface area contributed by atoms with Crippen LogP contribution in [0.3, 0.4) is 0 Å². The van der Waals surface area contributed by atoms with Gasteiger partial charge < -0.3 is 36.2 Å². The topological polar surface area (TPSA) is 217 Å². The molecule has 4 aromatic carbocycles. The van der Waals surface area contributed by atoms with E-state index in [-0.39, 0.29) is 98.2 Å². The molecule has 0 saturated carbocycles. The summed E-state index contributed by atoms with van der Waals surface area (Å²) >= 11 is 24.3. The Balaban J connectivity index is 0.000000248. The molecule has 19 heteroatoms. The molecule has 4 aromatic rings. The Bertz CT molecular complexity index is 2670. The fourth-order valence-corrected chi connectivity index (χ4v) is 12.3. The molecule has 4 fully saturated rings. The number of aliphatic hydroxyl groups excluding tert-OH is 1. The minimum atomic E-state index is -0.986. The Morgan fingerprint density at radius 1 is 0.570 bits per heavy atom. The number of ketones is 2. The predicted octanol–water partition coefficient (Wildman–Crippen LogP) is 8.42. The number of nitrogens with zero attached hydrogens (tertiary/aromatic N) is 4. The van der Waals surface area contributed by atoms with Gasteiger partial charge in [-0.3, -0.25) is 38.6 Å². The highest BCUT2D eigenvalue weighted by atomic mass is 35.5. The number of aliphatic carboxylic acids is 1. The van der Waals surface area contributed by atoms with Crippen LogP contribution in [0.4, 0.5) is 0 Å². The van der Waals surface area contributed by atoms with Crippen LogP contribution < -0.4 is 11.5 Å². The average molecular weight is 1170 g/mol. The van der Waals surface area contributed by atoms with Crippen LogP contribution in [-0.2, 0) is 59.2 Å². The van der Waals surface area contributed by atoms with Crippen LogP contribution in [-0.4, -0.2) is 154 Å². The number of aryl methyl sites for hydroxylation is 4. The van der Waals surface area contributed by atoms with Crippen LogP contribution in [0.1, 0.15) is 99.3 Å². The zero-order chi connectivity index (χ0) is 57.2. The van der Waals surface area contributed by atoms with Gasteiger partial charge >= 0.3 is 11.9 Å². The van der Waals surface area contributed by atoms with Gasteiger partial charge in [-0.25, -0.2) is 0 Å². The first-order chi connectivity index (χ1) is 38.0. The van der Waals surface area contributed by atoms with Crippen molar-refractivity contribution in [1.29, 1.82) is 0 Å². The second-order valence-electron chi connectivity index (χ2n) is 20.9. The molecule has 8 atom stereocenters. The number of nitrogens with two attached hydrogens (primary N) is 2. The third-order valence-electron chi connectivity index (χ3n) is 15.7. The quantitative estimate of drug-likeness (QED) is 0.0544. The molecule has 0 bridgehead atoms. The lowest BCUT2D eigenvalue weighted by molar-refractivity contribution is -0.145. The summed E-state index contributed by atoms with van der Waals surface area (Å²) in [7, 11) is 2.33. The van der Waals surface area contributed by atoms with E-state index in [1.807, 2.05) is 48.5 Å². The van der Waals surface area contributed by atoms with Crippen LogP contribution in [0.2, 0.25) is 20.1 Å². The molecular weight excluding hydrogens is 1090 g/mol. The number of carboxylic acids is 1. The SMILES string of the molecule is CO.COC(=O)CC[C@H](C(=O)CCc1ccc(Cl)c(Cl)c1)N1CCC(CCc2ccccc2)N2C[C@H](N)C[C@H]2C1=O.N[C@@H]1C[C@H]2C(=O)N([C@H](CCC(=O)O)C(=O)CCc3ccc(Cl)c(Cl)c3)CCC(CCc3ccccc3)N2C1. The lowest BCUT2D eigenvalue weighted by Crippen LogP contribution is -2.50. The molecule has 0 aliphatic carbocycles. The summed E-state index contributed by atoms with van der Waals surface area (Å²) in [6.45, 7) is 2.20. The Hall–Kier alpha value is -4.94. The molecule has 6 N–H and O–H groups in total. The number of methoxy groups -OCH3 is 1. The molecule has 2 unspecified atom stereocenters. The van der Waals surface area contributed by atoms with Crippen molar-refractivity contribution in [2.45, 2.75) is 151 Å². The zero-order valence-corrected chi connectivity index (χ0v) is 48.2. The number of carbonyl (C=O) groups excluding carboxylic acids is 5. The summed E-state index contributed by atoms with van der Waals surface area (Å²) < 4.78 is 4.84. The van der Waals surface area contributed by atoms with Crippen molar-refractivity contribution >= 4 is 81.7 Å². The summed E-state index contributed by atoms with van der Waals surface area (Å²) in [6.07, 6.45) is 7.67. The molecule has 0 spiro atoms. The fourth-order valence-electron chi connectivity index (χ4n) is 11.6. The largest absolute Gasteiger partial charge is 0.481 e. The van der Waals surface area contributed by atoms with E-state index >= 15 is 0 Å². The van der Waals surface area contributed by atoms with Crippen LogP contribution in [0.25, 0.3) is 0 Å². The minimum Gasteiger partial charge on any atom is -0.481 e. The molecule has 2 amide bonds. The number of Topliss-reactive ketones (excluding diaryl/α,β-unsaturated/α-hetero) is 2. The van der Waals surface area contributed by atoms with E-state index in [1.165, 1.54) is 18.2 Å². The first kappa shape index (κ1) is 63.2. The molecule has 15 nitrogen and oxygen atoms in total. The summed E-state index contributed by atoms with van der Waals surface area (Å²) in [6, 6.07) is 29.1. The van der Waals surface area contributed by atoms with Gasteiger partial charge in [-0.15, -0.1) is 0 Å². The Morgan fingerprint density at radius 2 is 0.975 bits per heavy atom. The maximum atomic E-state index is 13.9. The number of carboxylic acid groups (broad SMARTS) is 1. The van der Waals surface area contributed by atoms with Crippen LogP contribution in [0.15, 0.2) is 97.1 Å². The zero-order valence-electron chi connectivity index (χ0n) is 45.2. The monoisotopic (exact) mass is 1160 g/mol. The highest BCUT2D eigenvalue weighted by Gasteiger charge is 2.47. The Morgan fingerprint density at radius 3 is 1.35 bits per heavy atom. The van der Waals surface area contributed by atoms with Crippen molar-refractivity contribution in [1.82, 2.24) is 19.6 Å². The predicted molar refractivity (Wildman–Crippen MR) is 309 cm³/mol. The van der Waals surface area contributed by atoms with Crippen molar-refractivity contribution < 1.29 is 43.7 Å². The summed E-state index contributed by atoms with van der Waals surface area (Å²) in [5, 5.41) is 18.1. The molecule has 4 heterocycles. The van der Waals surface area contributed by atoms with Gasteiger partial charge in [-0.1, -0.05) is 119 Å². The van der Waals surface area contributed by atoms with Gasteiger partial charge in [0.05, 0.1) is 51.4 Å². The van der Waals surface area contributed by atoms with Crippen LogP contribution >= 0.6 is 46.4 Å². The van der Waals surface area contributed by atoms with Gasteiger partial charge in [0.25, 0.3) is 0 Å². The number of amides is 2.